The number of hydrogen-bond donors (Lipinski definition) is 1. The molecule has 1 aliphatic rings. The fourth-order valence-corrected chi connectivity index (χ4v) is 2.76. The molecule has 110 valence electrons. The van der Waals surface area contributed by atoms with Crippen molar-refractivity contribution in [3.63, 3.8) is 0 Å². The van der Waals surface area contributed by atoms with Gasteiger partial charge in [-0.15, -0.1) is 0 Å². The van der Waals surface area contributed by atoms with Gasteiger partial charge >= 0.3 is 0 Å². The van der Waals surface area contributed by atoms with Gasteiger partial charge in [0.05, 0.1) is 0 Å². The number of fused-ring (bicyclic) bond motifs is 1. The third-order valence-corrected chi connectivity index (χ3v) is 3.99. The molecular weight excluding hydrogens is 268 g/mol. The quantitative estimate of drug-likeness (QED) is 0.666. The van der Waals surface area contributed by atoms with Gasteiger partial charge in [-0.2, -0.15) is 0 Å². The SMILES string of the molecule is CCOCCCNC(=S)N1CCCc2ccccc2C1. The maximum Gasteiger partial charge on any atom is 0.169 e. The molecule has 0 amide bonds. The lowest BCUT2D eigenvalue weighted by Gasteiger charge is -2.24. The van der Waals surface area contributed by atoms with Crippen LogP contribution in [-0.4, -0.2) is 36.3 Å². The largest absolute Gasteiger partial charge is 0.382 e. The molecule has 1 aromatic rings. The van der Waals surface area contributed by atoms with E-state index >= 15 is 0 Å². The Morgan fingerprint density at radius 2 is 2.15 bits per heavy atom. The molecule has 1 N–H and O–H groups in total. The molecule has 0 aliphatic carbocycles. The summed E-state index contributed by atoms with van der Waals surface area (Å²) in [5, 5.41) is 4.22. The van der Waals surface area contributed by atoms with Gasteiger partial charge in [0.25, 0.3) is 0 Å². The average molecular weight is 292 g/mol. The van der Waals surface area contributed by atoms with Crippen molar-refractivity contribution >= 4 is 17.3 Å². The van der Waals surface area contributed by atoms with Crippen LogP contribution in [0.1, 0.15) is 30.9 Å². The Morgan fingerprint density at radius 1 is 1.35 bits per heavy atom. The van der Waals surface area contributed by atoms with Crippen LogP contribution in [0.25, 0.3) is 0 Å². The lowest BCUT2D eigenvalue weighted by molar-refractivity contribution is 0.145. The van der Waals surface area contributed by atoms with Crippen molar-refractivity contribution in [1.29, 1.82) is 0 Å². The summed E-state index contributed by atoms with van der Waals surface area (Å²) in [6, 6.07) is 8.68. The maximum atomic E-state index is 5.52. The van der Waals surface area contributed by atoms with Gasteiger partial charge in [-0.1, -0.05) is 24.3 Å². The van der Waals surface area contributed by atoms with E-state index in [1.54, 1.807) is 0 Å². The van der Waals surface area contributed by atoms with E-state index in [1.807, 2.05) is 6.92 Å². The van der Waals surface area contributed by atoms with Crippen molar-refractivity contribution in [2.24, 2.45) is 0 Å². The summed E-state index contributed by atoms with van der Waals surface area (Å²) in [6.45, 7) is 6.45. The monoisotopic (exact) mass is 292 g/mol. The molecule has 1 aromatic carbocycles. The minimum absolute atomic E-state index is 0.785. The van der Waals surface area contributed by atoms with Crippen molar-refractivity contribution in [2.45, 2.75) is 32.7 Å². The third kappa shape index (κ3) is 4.46. The summed E-state index contributed by atoms with van der Waals surface area (Å²) in [5.74, 6) is 0. The summed E-state index contributed by atoms with van der Waals surface area (Å²) in [5.41, 5.74) is 2.87. The average Bonchev–Trinajstić information content (AvgIpc) is 2.69. The highest BCUT2D eigenvalue weighted by atomic mass is 32.1. The minimum atomic E-state index is 0.785. The van der Waals surface area contributed by atoms with Crippen LogP contribution in [0, 0.1) is 0 Å². The first-order valence-corrected chi connectivity index (χ1v) is 7.89. The van der Waals surface area contributed by atoms with Gasteiger partial charge in [-0.3, -0.25) is 0 Å². The molecule has 2 rings (SSSR count). The topological polar surface area (TPSA) is 24.5 Å². The summed E-state index contributed by atoms with van der Waals surface area (Å²) >= 11 is 5.52. The molecule has 4 heteroatoms. The van der Waals surface area contributed by atoms with E-state index in [0.717, 1.165) is 57.2 Å². The van der Waals surface area contributed by atoms with Crippen molar-refractivity contribution in [3.8, 4) is 0 Å². The first-order valence-electron chi connectivity index (χ1n) is 7.48. The molecule has 3 nitrogen and oxygen atoms in total. The first-order chi connectivity index (χ1) is 9.81. The van der Waals surface area contributed by atoms with Crippen LogP contribution in [0.2, 0.25) is 0 Å². The highest BCUT2D eigenvalue weighted by Gasteiger charge is 2.15. The molecule has 0 atom stereocenters. The number of thiocarbonyl (C=S) groups is 1. The number of aryl methyl sites for hydroxylation is 1. The van der Waals surface area contributed by atoms with Gasteiger partial charge in [0.15, 0.2) is 5.11 Å². The Kier molecular flexibility index (Phi) is 6.27. The van der Waals surface area contributed by atoms with Gasteiger partial charge < -0.3 is 15.0 Å². The maximum absolute atomic E-state index is 5.52. The van der Waals surface area contributed by atoms with Crippen LogP contribution in [-0.2, 0) is 17.7 Å². The van der Waals surface area contributed by atoms with E-state index in [4.69, 9.17) is 17.0 Å². The Hall–Kier alpha value is -1.13. The van der Waals surface area contributed by atoms with Crippen molar-refractivity contribution < 1.29 is 4.74 Å². The zero-order valence-electron chi connectivity index (χ0n) is 12.2. The molecule has 0 saturated carbocycles. The lowest BCUT2D eigenvalue weighted by atomic mass is 10.0. The summed E-state index contributed by atoms with van der Waals surface area (Å²) < 4.78 is 5.33. The van der Waals surface area contributed by atoms with E-state index in [0.29, 0.717) is 0 Å². The predicted molar refractivity (Wildman–Crippen MR) is 86.9 cm³/mol. The standard InChI is InChI=1S/C16H24N2OS/c1-2-19-12-6-10-17-16(20)18-11-5-9-14-7-3-4-8-15(14)13-18/h3-4,7-8H,2,5-6,9-13H2,1H3,(H,17,20). The van der Waals surface area contributed by atoms with Gasteiger partial charge in [0.2, 0.25) is 0 Å². The highest BCUT2D eigenvalue weighted by molar-refractivity contribution is 7.80. The van der Waals surface area contributed by atoms with E-state index in [9.17, 15) is 0 Å². The predicted octanol–water partition coefficient (Wildman–Crippen LogP) is 2.74. The van der Waals surface area contributed by atoms with Gasteiger partial charge in [0, 0.05) is 32.8 Å². The van der Waals surface area contributed by atoms with Crippen LogP contribution in [0.3, 0.4) is 0 Å². The minimum Gasteiger partial charge on any atom is -0.382 e. The van der Waals surface area contributed by atoms with E-state index in [-0.39, 0.29) is 0 Å². The molecule has 0 bridgehead atoms. The normalized spacial score (nSPS) is 14.6. The molecule has 0 spiro atoms. The summed E-state index contributed by atoms with van der Waals surface area (Å²) in [4.78, 5) is 2.28. The van der Waals surface area contributed by atoms with Gasteiger partial charge in [0.1, 0.15) is 0 Å². The summed E-state index contributed by atoms with van der Waals surface area (Å²) in [6.07, 6.45) is 3.32. The Labute approximate surface area is 127 Å². The molecule has 1 aliphatic heterocycles. The molecule has 1 heterocycles. The molecule has 0 unspecified atom stereocenters. The number of nitrogens with one attached hydrogen (secondary N) is 1. The number of hydrogen-bond acceptors (Lipinski definition) is 2. The second-order valence-corrected chi connectivity index (χ2v) is 5.46. The van der Waals surface area contributed by atoms with Crippen LogP contribution < -0.4 is 5.32 Å². The fourth-order valence-electron chi connectivity index (χ4n) is 2.50. The number of ether oxygens (including phenoxy) is 1. The highest BCUT2D eigenvalue weighted by Crippen LogP contribution is 2.18. The Bertz CT molecular complexity index is 436. The first kappa shape index (κ1) is 15.3. The van der Waals surface area contributed by atoms with Crippen LogP contribution in [0.15, 0.2) is 24.3 Å². The van der Waals surface area contributed by atoms with E-state index < -0.39 is 0 Å². The van der Waals surface area contributed by atoms with Gasteiger partial charge in [-0.25, -0.2) is 0 Å². The van der Waals surface area contributed by atoms with Gasteiger partial charge in [-0.05, 0) is 49.5 Å². The molecule has 0 fully saturated rings. The molecule has 0 saturated heterocycles. The third-order valence-electron chi connectivity index (χ3n) is 3.59. The zero-order chi connectivity index (χ0) is 14.2. The van der Waals surface area contributed by atoms with E-state index in [1.165, 1.54) is 11.1 Å². The zero-order valence-corrected chi connectivity index (χ0v) is 13.0. The Morgan fingerprint density at radius 3 is 2.95 bits per heavy atom. The number of benzene rings is 1. The number of rotatable bonds is 5. The molecule has 20 heavy (non-hydrogen) atoms. The van der Waals surface area contributed by atoms with Crippen molar-refractivity contribution in [2.75, 3.05) is 26.3 Å². The Balaban J connectivity index is 1.82. The van der Waals surface area contributed by atoms with Crippen molar-refractivity contribution in [3.05, 3.63) is 35.4 Å². The smallest absolute Gasteiger partial charge is 0.169 e. The van der Waals surface area contributed by atoms with Crippen LogP contribution in [0.4, 0.5) is 0 Å². The van der Waals surface area contributed by atoms with Crippen LogP contribution >= 0.6 is 12.2 Å². The van der Waals surface area contributed by atoms with Crippen LogP contribution in [0.5, 0.6) is 0 Å². The van der Waals surface area contributed by atoms with Crippen molar-refractivity contribution in [1.82, 2.24) is 10.2 Å². The molecule has 0 radical (unpaired) electrons. The second kappa shape index (κ2) is 8.22. The summed E-state index contributed by atoms with van der Waals surface area (Å²) in [7, 11) is 0. The van der Waals surface area contributed by atoms with E-state index in [2.05, 4.69) is 34.5 Å². The molecule has 0 aromatic heterocycles. The second-order valence-electron chi connectivity index (χ2n) is 5.08. The fraction of sp³-hybridized carbons (Fsp3) is 0.562. The number of nitrogens with zero attached hydrogens (tertiary/aromatic N) is 1. The lowest BCUT2D eigenvalue weighted by Crippen LogP contribution is -2.40. The molecular formula is C16H24N2OS.